The summed E-state index contributed by atoms with van der Waals surface area (Å²) in [6.07, 6.45) is 3.28. The van der Waals surface area contributed by atoms with Crippen LogP contribution >= 0.6 is 0 Å². The number of nitrogens with zero attached hydrogens (tertiary/aromatic N) is 1. The van der Waals surface area contributed by atoms with Crippen LogP contribution in [0, 0.1) is 0 Å². The van der Waals surface area contributed by atoms with Gasteiger partial charge in [0, 0.05) is 18.9 Å². The third kappa shape index (κ3) is 5.14. The van der Waals surface area contributed by atoms with Gasteiger partial charge in [0.15, 0.2) is 0 Å². The second kappa shape index (κ2) is 8.03. The van der Waals surface area contributed by atoms with Crippen LogP contribution in [0.4, 0.5) is 0 Å². The second-order valence-corrected chi connectivity index (χ2v) is 7.45. The predicted octanol–water partition coefficient (Wildman–Crippen LogP) is 1.80. The zero-order valence-electron chi connectivity index (χ0n) is 13.7. The van der Waals surface area contributed by atoms with Crippen LogP contribution in [0.3, 0.4) is 0 Å². The maximum absolute atomic E-state index is 12.2. The summed E-state index contributed by atoms with van der Waals surface area (Å²) in [6, 6.07) is 10.2. The molecular formula is C17H21N3O3S. The van der Waals surface area contributed by atoms with E-state index < -0.39 is 15.9 Å². The van der Waals surface area contributed by atoms with Gasteiger partial charge in [-0.1, -0.05) is 32.0 Å². The SMILES string of the molecule is CC(C)c1ccc(S(=O)(=O)NCC(=O)NCc2cccnc2)cc1. The van der Waals surface area contributed by atoms with Gasteiger partial charge < -0.3 is 5.32 Å². The molecule has 0 saturated carbocycles. The maximum Gasteiger partial charge on any atom is 0.241 e. The Hall–Kier alpha value is -2.25. The molecule has 0 spiro atoms. The molecule has 0 radical (unpaired) electrons. The van der Waals surface area contributed by atoms with E-state index in [1.54, 1.807) is 42.7 Å². The van der Waals surface area contributed by atoms with Crippen LogP contribution in [0.25, 0.3) is 0 Å². The van der Waals surface area contributed by atoms with Gasteiger partial charge in [-0.3, -0.25) is 9.78 Å². The Balaban J connectivity index is 1.88. The summed E-state index contributed by atoms with van der Waals surface area (Å²) in [4.78, 5) is 15.9. The number of nitrogens with one attached hydrogen (secondary N) is 2. The highest BCUT2D eigenvalue weighted by molar-refractivity contribution is 7.89. The van der Waals surface area contributed by atoms with Gasteiger partial charge in [0.05, 0.1) is 11.4 Å². The average molecular weight is 347 g/mol. The summed E-state index contributed by atoms with van der Waals surface area (Å²) in [5, 5.41) is 2.64. The minimum Gasteiger partial charge on any atom is -0.351 e. The van der Waals surface area contributed by atoms with Crippen molar-refractivity contribution in [3.05, 3.63) is 59.9 Å². The minimum absolute atomic E-state index is 0.145. The van der Waals surface area contributed by atoms with Crippen LogP contribution in [0.15, 0.2) is 53.7 Å². The third-order valence-corrected chi connectivity index (χ3v) is 4.91. The van der Waals surface area contributed by atoms with E-state index in [2.05, 4.69) is 15.0 Å². The highest BCUT2D eigenvalue weighted by atomic mass is 32.2. The number of sulfonamides is 1. The molecule has 7 heteroatoms. The lowest BCUT2D eigenvalue weighted by atomic mass is 10.0. The van der Waals surface area contributed by atoms with Crippen molar-refractivity contribution in [2.24, 2.45) is 0 Å². The van der Waals surface area contributed by atoms with E-state index >= 15 is 0 Å². The molecule has 0 aliphatic rings. The Kier molecular flexibility index (Phi) is 6.05. The number of pyridine rings is 1. The molecule has 0 atom stereocenters. The first-order valence-electron chi connectivity index (χ1n) is 7.64. The summed E-state index contributed by atoms with van der Waals surface area (Å²) in [5.74, 6) is -0.0748. The molecule has 6 nitrogen and oxygen atoms in total. The van der Waals surface area contributed by atoms with Crippen molar-refractivity contribution in [2.45, 2.75) is 31.2 Å². The van der Waals surface area contributed by atoms with Crippen molar-refractivity contribution in [1.29, 1.82) is 0 Å². The molecule has 2 aromatic rings. The first-order valence-corrected chi connectivity index (χ1v) is 9.12. The molecule has 128 valence electrons. The molecule has 0 unspecified atom stereocenters. The molecule has 0 fully saturated rings. The molecule has 1 heterocycles. The van der Waals surface area contributed by atoms with E-state index in [1.807, 2.05) is 19.9 Å². The molecule has 0 aliphatic carbocycles. The van der Waals surface area contributed by atoms with Gasteiger partial charge >= 0.3 is 0 Å². The Labute approximate surface area is 142 Å². The summed E-state index contributed by atoms with van der Waals surface area (Å²) in [6.45, 7) is 4.06. The van der Waals surface area contributed by atoms with E-state index in [1.165, 1.54) is 0 Å². The van der Waals surface area contributed by atoms with Gasteiger partial charge in [0.25, 0.3) is 0 Å². The van der Waals surface area contributed by atoms with Crippen molar-refractivity contribution >= 4 is 15.9 Å². The number of carbonyl (C=O) groups is 1. The molecule has 1 amide bonds. The summed E-state index contributed by atoms with van der Waals surface area (Å²) < 4.78 is 26.7. The Morgan fingerprint density at radius 3 is 2.46 bits per heavy atom. The topological polar surface area (TPSA) is 88.2 Å². The van der Waals surface area contributed by atoms with E-state index in [0.29, 0.717) is 12.5 Å². The van der Waals surface area contributed by atoms with Crippen LogP contribution in [-0.4, -0.2) is 25.9 Å². The lowest BCUT2D eigenvalue weighted by Gasteiger charge is -2.09. The molecule has 2 rings (SSSR count). The van der Waals surface area contributed by atoms with Crippen LogP contribution in [0.2, 0.25) is 0 Å². The molecule has 1 aromatic carbocycles. The van der Waals surface area contributed by atoms with E-state index in [0.717, 1.165) is 11.1 Å². The summed E-state index contributed by atoms with van der Waals surface area (Å²) in [5.41, 5.74) is 1.90. The molecule has 2 N–H and O–H groups in total. The maximum atomic E-state index is 12.2. The average Bonchev–Trinajstić information content (AvgIpc) is 2.59. The van der Waals surface area contributed by atoms with Gasteiger partial charge in [-0.15, -0.1) is 0 Å². The number of amides is 1. The molecule has 0 aliphatic heterocycles. The summed E-state index contributed by atoms with van der Waals surface area (Å²) >= 11 is 0. The zero-order chi connectivity index (χ0) is 17.6. The smallest absolute Gasteiger partial charge is 0.241 e. The van der Waals surface area contributed by atoms with Crippen molar-refractivity contribution in [3.63, 3.8) is 0 Å². The van der Waals surface area contributed by atoms with Crippen LogP contribution in [0.5, 0.6) is 0 Å². The zero-order valence-corrected chi connectivity index (χ0v) is 14.5. The number of rotatable bonds is 7. The normalized spacial score (nSPS) is 11.5. The molecule has 1 aromatic heterocycles. The second-order valence-electron chi connectivity index (χ2n) is 5.69. The highest BCUT2D eigenvalue weighted by Gasteiger charge is 2.15. The number of carbonyl (C=O) groups excluding carboxylic acids is 1. The number of hydrogen-bond acceptors (Lipinski definition) is 4. The summed E-state index contributed by atoms with van der Waals surface area (Å²) in [7, 11) is -3.70. The van der Waals surface area contributed by atoms with Crippen LogP contribution in [-0.2, 0) is 21.4 Å². The lowest BCUT2D eigenvalue weighted by Crippen LogP contribution is -2.36. The monoisotopic (exact) mass is 347 g/mol. The van der Waals surface area contributed by atoms with Crippen LogP contribution in [0.1, 0.15) is 30.9 Å². The quantitative estimate of drug-likeness (QED) is 0.799. The fraction of sp³-hybridized carbons (Fsp3) is 0.294. The molecular weight excluding hydrogens is 326 g/mol. The third-order valence-electron chi connectivity index (χ3n) is 3.49. The van der Waals surface area contributed by atoms with Crippen LogP contribution < -0.4 is 10.0 Å². The molecule has 0 bridgehead atoms. The highest BCUT2D eigenvalue weighted by Crippen LogP contribution is 2.17. The van der Waals surface area contributed by atoms with Crippen molar-refractivity contribution < 1.29 is 13.2 Å². The predicted molar refractivity (Wildman–Crippen MR) is 91.8 cm³/mol. The molecule has 0 saturated heterocycles. The fourth-order valence-corrected chi connectivity index (χ4v) is 3.02. The Bertz CT molecular complexity index is 772. The van der Waals surface area contributed by atoms with Gasteiger partial charge in [-0.2, -0.15) is 0 Å². The van der Waals surface area contributed by atoms with Crippen molar-refractivity contribution in [2.75, 3.05) is 6.54 Å². The van der Waals surface area contributed by atoms with Gasteiger partial charge in [0.1, 0.15) is 0 Å². The first-order chi connectivity index (χ1) is 11.4. The van der Waals surface area contributed by atoms with Gasteiger partial charge in [-0.25, -0.2) is 13.1 Å². The number of hydrogen-bond donors (Lipinski definition) is 2. The largest absolute Gasteiger partial charge is 0.351 e. The first kappa shape index (κ1) is 18.1. The van der Waals surface area contributed by atoms with Crippen molar-refractivity contribution in [3.8, 4) is 0 Å². The Morgan fingerprint density at radius 1 is 1.17 bits per heavy atom. The fourth-order valence-electron chi connectivity index (χ4n) is 2.04. The van der Waals surface area contributed by atoms with E-state index in [-0.39, 0.29) is 11.4 Å². The molecule has 24 heavy (non-hydrogen) atoms. The lowest BCUT2D eigenvalue weighted by molar-refractivity contribution is -0.120. The van der Waals surface area contributed by atoms with Gasteiger partial charge in [-0.05, 0) is 35.2 Å². The van der Waals surface area contributed by atoms with Crippen molar-refractivity contribution in [1.82, 2.24) is 15.0 Å². The van der Waals surface area contributed by atoms with E-state index in [4.69, 9.17) is 0 Å². The minimum atomic E-state index is -3.70. The number of benzene rings is 1. The standard InChI is InChI=1S/C17H21N3O3S/c1-13(2)15-5-7-16(8-6-15)24(22,23)20-12-17(21)19-11-14-4-3-9-18-10-14/h3-10,13,20H,11-12H2,1-2H3,(H,19,21). The van der Waals surface area contributed by atoms with E-state index in [9.17, 15) is 13.2 Å². The Morgan fingerprint density at radius 2 is 1.88 bits per heavy atom. The van der Waals surface area contributed by atoms with Gasteiger partial charge in [0.2, 0.25) is 15.9 Å². The number of aromatic nitrogens is 1.